The van der Waals surface area contributed by atoms with Crippen LogP contribution >= 0.6 is 31.9 Å². The van der Waals surface area contributed by atoms with E-state index in [1.807, 2.05) is 6.07 Å². The molecule has 0 fully saturated rings. The fourth-order valence-corrected chi connectivity index (χ4v) is 2.12. The Kier molecular flexibility index (Phi) is 4.00. The molecule has 0 heterocycles. The van der Waals surface area contributed by atoms with Crippen LogP contribution in [0, 0.1) is 17.1 Å². The summed E-state index contributed by atoms with van der Waals surface area (Å²) in [5.74, 6) is 0.125. The van der Waals surface area contributed by atoms with Crippen molar-refractivity contribution in [1.29, 1.82) is 5.26 Å². The summed E-state index contributed by atoms with van der Waals surface area (Å²) < 4.78 is 20.3. The van der Waals surface area contributed by atoms with Gasteiger partial charge in [-0.25, -0.2) is 4.39 Å². The molecule has 18 heavy (non-hydrogen) atoms. The first-order chi connectivity index (χ1) is 8.60. The normalized spacial score (nSPS) is 9.89. The molecule has 0 aromatic heterocycles. The molecule has 0 spiro atoms. The maximum absolute atomic E-state index is 13.6. The fraction of sp³-hybridized carbons (Fsp3) is 0. The van der Waals surface area contributed by atoms with E-state index in [-0.39, 0.29) is 5.75 Å². The molecule has 2 aromatic carbocycles. The summed E-state index contributed by atoms with van der Waals surface area (Å²) in [5.41, 5.74) is 0.505. The molecule has 2 nitrogen and oxygen atoms in total. The van der Waals surface area contributed by atoms with Crippen molar-refractivity contribution >= 4 is 31.9 Å². The predicted octanol–water partition coefficient (Wildman–Crippen LogP) is 5.01. The van der Waals surface area contributed by atoms with Crippen LogP contribution in [0.15, 0.2) is 45.3 Å². The zero-order valence-electron chi connectivity index (χ0n) is 8.95. The summed E-state index contributed by atoms with van der Waals surface area (Å²) in [5, 5.41) is 8.74. The van der Waals surface area contributed by atoms with Crippen molar-refractivity contribution in [2.45, 2.75) is 0 Å². The van der Waals surface area contributed by atoms with E-state index in [1.54, 1.807) is 24.3 Å². The summed E-state index contributed by atoms with van der Waals surface area (Å²) in [4.78, 5) is 0. The third-order valence-electron chi connectivity index (χ3n) is 2.17. The summed E-state index contributed by atoms with van der Waals surface area (Å²) in [6.07, 6.45) is 0. The van der Waals surface area contributed by atoms with Crippen molar-refractivity contribution in [3.63, 3.8) is 0 Å². The van der Waals surface area contributed by atoms with E-state index < -0.39 is 5.82 Å². The SMILES string of the molecule is N#Cc1ccc(Oc2ccc(Br)cc2F)c(Br)c1. The molecule has 0 unspecified atom stereocenters. The second kappa shape index (κ2) is 5.51. The first-order valence-electron chi connectivity index (χ1n) is 4.92. The highest BCUT2D eigenvalue weighted by Gasteiger charge is 2.08. The Morgan fingerprint density at radius 1 is 1.06 bits per heavy atom. The largest absolute Gasteiger partial charge is 0.453 e. The Balaban J connectivity index is 2.32. The average Bonchev–Trinajstić information content (AvgIpc) is 2.34. The van der Waals surface area contributed by atoms with Gasteiger partial charge in [0.1, 0.15) is 5.75 Å². The first-order valence-corrected chi connectivity index (χ1v) is 6.51. The molecule has 0 saturated heterocycles. The topological polar surface area (TPSA) is 33.0 Å². The van der Waals surface area contributed by atoms with Crippen LogP contribution in [-0.4, -0.2) is 0 Å². The highest BCUT2D eigenvalue weighted by atomic mass is 79.9. The van der Waals surface area contributed by atoms with Gasteiger partial charge < -0.3 is 4.74 Å². The van der Waals surface area contributed by atoms with Crippen LogP contribution in [0.3, 0.4) is 0 Å². The van der Waals surface area contributed by atoms with Gasteiger partial charge in [-0.2, -0.15) is 5.26 Å². The van der Waals surface area contributed by atoms with E-state index in [1.165, 1.54) is 12.1 Å². The van der Waals surface area contributed by atoms with E-state index in [9.17, 15) is 4.39 Å². The molecule has 0 saturated carbocycles. The van der Waals surface area contributed by atoms with Crippen LogP contribution in [0.1, 0.15) is 5.56 Å². The molecule has 2 aromatic rings. The predicted molar refractivity (Wildman–Crippen MR) is 73.0 cm³/mol. The van der Waals surface area contributed by atoms with Crippen LogP contribution in [0.5, 0.6) is 11.5 Å². The maximum atomic E-state index is 13.6. The zero-order chi connectivity index (χ0) is 13.1. The number of nitriles is 1. The van der Waals surface area contributed by atoms with E-state index >= 15 is 0 Å². The Labute approximate surface area is 120 Å². The maximum Gasteiger partial charge on any atom is 0.166 e. The standard InChI is InChI=1S/C13H6Br2FNO/c14-9-2-4-13(11(16)6-9)18-12-3-1-8(7-17)5-10(12)15/h1-6H. The minimum atomic E-state index is -0.458. The Morgan fingerprint density at radius 2 is 1.78 bits per heavy atom. The second-order valence-corrected chi connectivity index (χ2v) is 5.20. The lowest BCUT2D eigenvalue weighted by Crippen LogP contribution is -1.89. The molecule has 0 aliphatic heterocycles. The summed E-state index contributed by atoms with van der Waals surface area (Å²) in [6.45, 7) is 0. The third-order valence-corrected chi connectivity index (χ3v) is 3.29. The number of halogens is 3. The van der Waals surface area contributed by atoms with Gasteiger partial charge in [0.15, 0.2) is 11.6 Å². The molecule has 5 heteroatoms. The zero-order valence-corrected chi connectivity index (χ0v) is 12.1. The van der Waals surface area contributed by atoms with Crippen molar-refractivity contribution < 1.29 is 9.13 Å². The minimum Gasteiger partial charge on any atom is -0.453 e. The third kappa shape index (κ3) is 2.89. The quantitative estimate of drug-likeness (QED) is 0.743. The highest BCUT2D eigenvalue weighted by molar-refractivity contribution is 9.10. The Bertz CT molecular complexity index is 637. The highest BCUT2D eigenvalue weighted by Crippen LogP contribution is 2.32. The van der Waals surface area contributed by atoms with Crippen molar-refractivity contribution in [3.8, 4) is 17.6 Å². The smallest absolute Gasteiger partial charge is 0.166 e. The van der Waals surface area contributed by atoms with E-state index in [0.717, 1.165) is 0 Å². The molecule has 90 valence electrons. The second-order valence-electron chi connectivity index (χ2n) is 3.43. The van der Waals surface area contributed by atoms with Crippen LogP contribution in [0.25, 0.3) is 0 Å². The molecule has 2 rings (SSSR count). The molecule has 0 amide bonds. The van der Waals surface area contributed by atoms with Gasteiger partial charge in [0, 0.05) is 4.47 Å². The Hall–Kier alpha value is -1.38. The van der Waals surface area contributed by atoms with Crippen molar-refractivity contribution in [2.24, 2.45) is 0 Å². The lowest BCUT2D eigenvalue weighted by molar-refractivity contribution is 0.439. The van der Waals surface area contributed by atoms with Crippen LogP contribution in [-0.2, 0) is 0 Å². The monoisotopic (exact) mass is 369 g/mol. The van der Waals surface area contributed by atoms with Gasteiger partial charge in [0.05, 0.1) is 16.1 Å². The molecular weight excluding hydrogens is 365 g/mol. The number of ether oxygens (including phenoxy) is 1. The lowest BCUT2D eigenvalue weighted by Gasteiger charge is -2.08. The fourth-order valence-electron chi connectivity index (χ4n) is 1.33. The molecule has 0 radical (unpaired) electrons. The van der Waals surface area contributed by atoms with Gasteiger partial charge in [-0.15, -0.1) is 0 Å². The van der Waals surface area contributed by atoms with Crippen LogP contribution in [0.4, 0.5) is 4.39 Å². The summed E-state index contributed by atoms with van der Waals surface area (Å²) in [6, 6.07) is 11.4. The van der Waals surface area contributed by atoms with Crippen molar-refractivity contribution in [2.75, 3.05) is 0 Å². The number of benzene rings is 2. The minimum absolute atomic E-state index is 0.128. The summed E-state index contributed by atoms with van der Waals surface area (Å²) in [7, 11) is 0. The number of nitrogens with zero attached hydrogens (tertiary/aromatic N) is 1. The lowest BCUT2D eigenvalue weighted by atomic mass is 10.2. The molecular formula is C13H6Br2FNO. The van der Waals surface area contributed by atoms with Crippen LogP contribution in [0.2, 0.25) is 0 Å². The first kappa shape index (κ1) is 13.1. The van der Waals surface area contributed by atoms with E-state index in [4.69, 9.17) is 10.00 Å². The average molecular weight is 371 g/mol. The van der Waals surface area contributed by atoms with Gasteiger partial charge in [0.25, 0.3) is 0 Å². The van der Waals surface area contributed by atoms with Crippen molar-refractivity contribution in [1.82, 2.24) is 0 Å². The number of hydrogen-bond donors (Lipinski definition) is 0. The van der Waals surface area contributed by atoms with E-state index in [0.29, 0.717) is 20.3 Å². The van der Waals surface area contributed by atoms with Gasteiger partial charge >= 0.3 is 0 Å². The van der Waals surface area contributed by atoms with Gasteiger partial charge in [0.2, 0.25) is 0 Å². The van der Waals surface area contributed by atoms with Crippen LogP contribution < -0.4 is 4.74 Å². The molecule has 0 bridgehead atoms. The Morgan fingerprint density at radius 3 is 2.39 bits per heavy atom. The molecule has 0 N–H and O–H groups in total. The molecule has 0 aliphatic rings. The summed E-state index contributed by atoms with van der Waals surface area (Å²) >= 11 is 6.45. The molecule has 0 aliphatic carbocycles. The molecule has 0 atom stereocenters. The van der Waals surface area contributed by atoms with Gasteiger partial charge in [-0.05, 0) is 52.3 Å². The van der Waals surface area contributed by atoms with Gasteiger partial charge in [-0.1, -0.05) is 15.9 Å². The number of rotatable bonds is 2. The number of hydrogen-bond acceptors (Lipinski definition) is 2. The van der Waals surface area contributed by atoms with E-state index in [2.05, 4.69) is 31.9 Å². The van der Waals surface area contributed by atoms with Gasteiger partial charge in [-0.3, -0.25) is 0 Å². The van der Waals surface area contributed by atoms with Crippen molar-refractivity contribution in [3.05, 3.63) is 56.7 Å².